The van der Waals surface area contributed by atoms with Crippen LogP contribution >= 0.6 is 46.4 Å². The molecule has 3 nitrogen and oxygen atoms in total. The van der Waals surface area contributed by atoms with Crippen LogP contribution in [0.1, 0.15) is 15.9 Å². The molecule has 2 aromatic rings. The van der Waals surface area contributed by atoms with E-state index < -0.39 is 0 Å². The minimum Gasteiger partial charge on any atom is -0.389 e. The highest BCUT2D eigenvalue weighted by Gasteiger charge is 2.11. The number of hydrogen-bond acceptors (Lipinski definition) is 2. The summed E-state index contributed by atoms with van der Waals surface area (Å²) in [6.45, 7) is 0. The van der Waals surface area contributed by atoms with Gasteiger partial charge in [0, 0.05) is 14.7 Å². The van der Waals surface area contributed by atoms with Gasteiger partial charge in [-0.2, -0.15) is 0 Å². The fourth-order valence-electron chi connectivity index (χ4n) is 1.64. The van der Waals surface area contributed by atoms with Gasteiger partial charge < -0.3 is 11.1 Å². The first-order valence-corrected chi connectivity index (χ1v) is 7.51. The molecule has 102 valence electrons. The molecule has 0 unspecified atom stereocenters. The maximum absolute atomic E-state index is 12.2. The van der Waals surface area contributed by atoms with E-state index in [1.165, 1.54) is 0 Å². The molecule has 2 rings (SSSR count). The molecule has 6 heteroatoms. The fourth-order valence-corrected chi connectivity index (χ4v) is 2.33. The first kappa shape index (κ1) is 15.2. The average molecular weight is 417 g/mol. The van der Waals surface area contributed by atoms with Crippen LogP contribution in [0.4, 0.5) is 5.69 Å². The Labute approximate surface area is 140 Å². The third-order valence-corrected chi connectivity index (χ3v) is 4.41. The summed E-state index contributed by atoms with van der Waals surface area (Å²) in [4.78, 5) is 12.4. The Balaban J connectivity index is 2.28. The Bertz CT molecular complexity index is 691. The highest BCUT2D eigenvalue weighted by molar-refractivity contribution is 14.1. The van der Waals surface area contributed by atoms with Crippen molar-refractivity contribution in [1.29, 1.82) is 0 Å². The first-order chi connectivity index (χ1) is 9.49. The third-order valence-electron chi connectivity index (χ3n) is 2.62. The summed E-state index contributed by atoms with van der Waals surface area (Å²) in [5, 5.41) is 3.33. The summed E-state index contributed by atoms with van der Waals surface area (Å²) in [6.07, 6.45) is 0. The monoisotopic (exact) mass is 416 g/mol. The van der Waals surface area contributed by atoms with Gasteiger partial charge in [0.05, 0.1) is 10.7 Å². The SMILES string of the molecule is NC(=S)c1ccccc1NC(=O)c1ccc(I)c(Cl)c1. The molecule has 0 saturated carbocycles. The van der Waals surface area contributed by atoms with Crippen molar-refractivity contribution < 1.29 is 4.79 Å². The lowest BCUT2D eigenvalue weighted by Crippen LogP contribution is -2.17. The zero-order valence-corrected chi connectivity index (χ0v) is 13.9. The summed E-state index contributed by atoms with van der Waals surface area (Å²) in [5.74, 6) is -0.257. The number of thiocarbonyl (C=S) groups is 1. The second-order valence-corrected chi connectivity index (χ2v) is 6.00. The van der Waals surface area contributed by atoms with Gasteiger partial charge in [-0.1, -0.05) is 36.0 Å². The number of benzene rings is 2. The van der Waals surface area contributed by atoms with Crippen molar-refractivity contribution in [3.8, 4) is 0 Å². The second kappa shape index (κ2) is 6.51. The number of amides is 1. The van der Waals surface area contributed by atoms with Gasteiger partial charge >= 0.3 is 0 Å². The van der Waals surface area contributed by atoms with E-state index in [0.29, 0.717) is 21.8 Å². The molecule has 0 bridgehead atoms. The number of carbonyl (C=O) groups is 1. The zero-order chi connectivity index (χ0) is 14.7. The Hall–Kier alpha value is -1.18. The van der Waals surface area contributed by atoms with Crippen LogP contribution in [-0.4, -0.2) is 10.9 Å². The van der Waals surface area contributed by atoms with E-state index >= 15 is 0 Å². The van der Waals surface area contributed by atoms with Gasteiger partial charge in [0.2, 0.25) is 0 Å². The lowest BCUT2D eigenvalue weighted by Gasteiger charge is -2.10. The predicted molar refractivity (Wildman–Crippen MR) is 94.5 cm³/mol. The van der Waals surface area contributed by atoms with E-state index in [1.54, 1.807) is 36.4 Å². The molecule has 0 aliphatic rings. The third kappa shape index (κ3) is 3.47. The van der Waals surface area contributed by atoms with Gasteiger partial charge in [-0.15, -0.1) is 0 Å². The summed E-state index contributed by atoms with van der Waals surface area (Å²) >= 11 is 13.1. The van der Waals surface area contributed by atoms with Crippen LogP contribution in [0.2, 0.25) is 5.02 Å². The van der Waals surface area contributed by atoms with Crippen molar-refractivity contribution in [2.45, 2.75) is 0 Å². The van der Waals surface area contributed by atoms with Crippen molar-refractivity contribution in [3.63, 3.8) is 0 Å². The molecule has 0 saturated heterocycles. The van der Waals surface area contributed by atoms with Crippen molar-refractivity contribution in [2.24, 2.45) is 5.73 Å². The lowest BCUT2D eigenvalue weighted by molar-refractivity contribution is 0.102. The highest BCUT2D eigenvalue weighted by Crippen LogP contribution is 2.21. The number of nitrogens with two attached hydrogens (primary N) is 1. The van der Waals surface area contributed by atoms with Gasteiger partial charge in [0.25, 0.3) is 5.91 Å². The minimum atomic E-state index is -0.257. The van der Waals surface area contributed by atoms with Gasteiger partial charge in [0.1, 0.15) is 4.99 Å². The Morgan fingerprint density at radius 1 is 1.25 bits per heavy atom. The van der Waals surface area contributed by atoms with Crippen LogP contribution in [0, 0.1) is 3.57 Å². The summed E-state index contributed by atoms with van der Waals surface area (Å²) in [5.41, 5.74) is 7.33. The molecule has 3 N–H and O–H groups in total. The Morgan fingerprint density at radius 2 is 1.95 bits per heavy atom. The summed E-state index contributed by atoms with van der Waals surface area (Å²) in [7, 11) is 0. The second-order valence-electron chi connectivity index (χ2n) is 3.99. The van der Waals surface area contributed by atoms with Crippen LogP contribution in [0.3, 0.4) is 0 Å². The molecule has 0 radical (unpaired) electrons. The average Bonchev–Trinajstić information content (AvgIpc) is 2.42. The van der Waals surface area contributed by atoms with Crippen molar-refractivity contribution in [3.05, 3.63) is 62.2 Å². The molecule has 0 aromatic heterocycles. The standard InChI is InChI=1S/C14H10ClIN2OS/c15-10-7-8(5-6-11(10)16)14(19)18-12-4-2-1-3-9(12)13(17)20/h1-7H,(H2,17,20)(H,18,19). The van der Waals surface area contributed by atoms with E-state index in [1.807, 2.05) is 6.07 Å². The molecule has 0 spiro atoms. The maximum atomic E-state index is 12.2. The van der Waals surface area contributed by atoms with Gasteiger partial charge in [-0.05, 0) is 52.9 Å². The predicted octanol–water partition coefficient (Wildman–Crippen LogP) is 3.83. The normalized spacial score (nSPS) is 10.1. The first-order valence-electron chi connectivity index (χ1n) is 5.64. The molecule has 0 atom stereocenters. The van der Waals surface area contributed by atoms with Gasteiger partial charge in [0.15, 0.2) is 0 Å². The van der Waals surface area contributed by atoms with E-state index in [9.17, 15) is 4.79 Å². The molecule has 20 heavy (non-hydrogen) atoms. The highest BCUT2D eigenvalue weighted by atomic mass is 127. The van der Waals surface area contributed by atoms with Crippen LogP contribution < -0.4 is 11.1 Å². The van der Waals surface area contributed by atoms with E-state index in [4.69, 9.17) is 29.6 Å². The molecule has 2 aromatic carbocycles. The van der Waals surface area contributed by atoms with Gasteiger partial charge in [-0.25, -0.2) is 0 Å². The Kier molecular flexibility index (Phi) is 4.95. The number of hydrogen-bond donors (Lipinski definition) is 2. The van der Waals surface area contributed by atoms with E-state index in [2.05, 4.69) is 27.9 Å². The van der Waals surface area contributed by atoms with Crippen LogP contribution in [0.5, 0.6) is 0 Å². The lowest BCUT2D eigenvalue weighted by atomic mass is 10.1. The summed E-state index contributed by atoms with van der Waals surface area (Å²) < 4.78 is 0.893. The number of carbonyl (C=O) groups excluding carboxylic acids is 1. The fraction of sp³-hybridized carbons (Fsp3) is 0. The topological polar surface area (TPSA) is 55.1 Å². The number of rotatable bonds is 3. The van der Waals surface area contributed by atoms with Gasteiger partial charge in [-0.3, -0.25) is 4.79 Å². The molecular formula is C14H10ClIN2OS. The maximum Gasteiger partial charge on any atom is 0.255 e. The number of halogens is 2. The number of para-hydroxylation sites is 1. The van der Waals surface area contributed by atoms with E-state index in [0.717, 1.165) is 3.57 Å². The molecular weight excluding hydrogens is 407 g/mol. The van der Waals surface area contributed by atoms with Crippen LogP contribution in [0.25, 0.3) is 0 Å². The quantitative estimate of drug-likeness (QED) is 0.591. The van der Waals surface area contributed by atoms with E-state index in [-0.39, 0.29) is 10.9 Å². The Morgan fingerprint density at radius 3 is 2.60 bits per heavy atom. The van der Waals surface area contributed by atoms with Crippen LogP contribution in [0.15, 0.2) is 42.5 Å². The molecule has 0 aliphatic carbocycles. The largest absolute Gasteiger partial charge is 0.389 e. The molecule has 1 amide bonds. The molecule has 0 fully saturated rings. The van der Waals surface area contributed by atoms with Crippen molar-refractivity contribution >= 4 is 63.0 Å². The van der Waals surface area contributed by atoms with Crippen LogP contribution in [-0.2, 0) is 0 Å². The van der Waals surface area contributed by atoms with Crippen molar-refractivity contribution in [2.75, 3.05) is 5.32 Å². The molecule has 0 heterocycles. The molecule has 0 aliphatic heterocycles. The number of anilines is 1. The van der Waals surface area contributed by atoms with Crippen molar-refractivity contribution in [1.82, 2.24) is 0 Å². The number of nitrogens with one attached hydrogen (secondary N) is 1. The smallest absolute Gasteiger partial charge is 0.255 e. The summed E-state index contributed by atoms with van der Waals surface area (Å²) in [6, 6.07) is 12.3. The minimum absolute atomic E-state index is 0.238. The zero-order valence-electron chi connectivity index (χ0n) is 10.2.